The molecule has 15 heavy (non-hydrogen) atoms. The predicted octanol–water partition coefficient (Wildman–Crippen LogP) is 2.41. The highest BCUT2D eigenvalue weighted by Gasteiger charge is 2.27. The van der Waals surface area contributed by atoms with Crippen LogP contribution in [-0.2, 0) is 0 Å². The fourth-order valence-electron chi connectivity index (χ4n) is 2.70. The summed E-state index contributed by atoms with van der Waals surface area (Å²) >= 11 is 0. The topological polar surface area (TPSA) is 15.3 Å². The molecule has 1 aliphatic rings. The van der Waals surface area contributed by atoms with Gasteiger partial charge in [0.2, 0.25) is 0 Å². The van der Waals surface area contributed by atoms with Crippen molar-refractivity contribution in [2.75, 3.05) is 13.1 Å². The van der Waals surface area contributed by atoms with Gasteiger partial charge in [-0.15, -0.1) is 6.58 Å². The van der Waals surface area contributed by atoms with Gasteiger partial charge in [-0.1, -0.05) is 13.0 Å². The third kappa shape index (κ3) is 3.62. The Labute approximate surface area is 94.7 Å². The van der Waals surface area contributed by atoms with Crippen molar-refractivity contribution in [2.45, 2.75) is 58.2 Å². The summed E-state index contributed by atoms with van der Waals surface area (Å²) in [4.78, 5) is 2.62. The van der Waals surface area contributed by atoms with Gasteiger partial charge in [-0.3, -0.25) is 4.90 Å². The van der Waals surface area contributed by atoms with E-state index in [-0.39, 0.29) is 0 Å². The lowest BCUT2D eigenvalue weighted by molar-refractivity contribution is 0.0972. The van der Waals surface area contributed by atoms with Gasteiger partial charge in [0.25, 0.3) is 0 Å². The van der Waals surface area contributed by atoms with E-state index in [9.17, 15) is 0 Å². The zero-order valence-corrected chi connectivity index (χ0v) is 10.5. The van der Waals surface area contributed by atoms with E-state index in [0.29, 0.717) is 12.1 Å². The van der Waals surface area contributed by atoms with Gasteiger partial charge in [-0.05, 0) is 39.7 Å². The van der Waals surface area contributed by atoms with Gasteiger partial charge in [-0.2, -0.15) is 0 Å². The van der Waals surface area contributed by atoms with Crippen LogP contribution in [0.5, 0.6) is 0 Å². The summed E-state index contributed by atoms with van der Waals surface area (Å²) in [5.74, 6) is 0. The highest BCUT2D eigenvalue weighted by molar-refractivity contribution is 4.87. The maximum absolute atomic E-state index is 3.83. The fraction of sp³-hybridized carbons (Fsp3) is 0.846. The van der Waals surface area contributed by atoms with Crippen LogP contribution >= 0.6 is 0 Å². The van der Waals surface area contributed by atoms with E-state index in [4.69, 9.17) is 0 Å². The maximum Gasteiger partial charge on any atom is 0.0104 e. The minimum absolute atomic E-state index is 0.653. The molecule has 0 aromatic rings. The van der Waals surface area contributed by atoms with E-state index < -0.39 is 0 Å². The molecule has 0 aromatic heterocycles. The molecule has 2 nitrogen and oxygen atoms in total. The SMILES string of the molecule is C=CCC(C)N1CCC(NCC)CC1C. The van der Waals surface area contributed by atoms with Crippen LogP contribution in [0.4, 0.5) is 0 Å². The van der Waals surface area contributed by atoms with Gasteiger partial charge in [-0.25, -0.2) is 0 Å². The molecule has 0 aliphatic carbocycles. The average molecular weight is 210 g/mol. The van der Waals surface area contributed by atoms with Crippen molar-refractivity contribution >= 4 is 0 Å². The first-order valence-electron chi connectivity index (χ1n) is 6.29. The van der Waals surface area contributed by atoms with Gasteiger partial charge < -0.3 is 5.32 Å². The van der Waals surface area contributed by atoms with Crippen LogP contribution in [-0.4, -0.2) is 36.1 Å². The second kappa shape index (κ2) is 6.29. The van der Waals surface area contributed by atoms with Crippen molar-refractivity contribution in [1.29, 1.82) is 0 Å². The summed E-state index contributed by atoms with van der Waals surface area (Å²) < 4.78 is 0. The summed E-state index contributed by atoms with van der Waals surface area (Å²) in [6, 6.07) is 2.09. The Morgan fingerprint density at radius 2 is 2.33 bits per heavy atom. The third-order valence-electron chi connectivity index (χ3n) is 3.49. The summed E-state index contributed by atoms with van der Waals surface area (Å²) in [5, 5.41) is 3.56. The molecule has 0 amide bonds. The molecular formula is C13H26N2. The Morgan fingerprint density at radius 3 is 2.87 bits per heavy atom. The molecule has 0 spiro atoms. The Bertz CT molecular complexity index is 191. The lowest BCUT2D eigenvalue weighted by Gasteiger charge is -2.41. The second-order valence-corrected chi connectivity index (χ2v) is 4.74. The molecule has 1 rings (SSSR count). The quantitative estimate of drug-likeness (QED) is 0.701. The molecule has 3 atom stereocenters. The first-order chi connectivity index (χ1) is 7.19. The zero-order valence-electron chi connectivity index (χ0n) is 10.5. The van der Waals surface area contributed by atoms with Gasteiger partial charge in [0.15, 0.2) is 0 Å². The van der Waals surface area contributed by atoms with Crippen molar-refractivity contribution in [1.82, 2.24) is 10.2 Å². The van der Waals surface area contributed by atoms with E-state index in [1.54, 1.807) is 0 Å². The molecule has 2 heteroatoms. The minimum Gasteiger partial charge on any atom is -0.314 e. The van der Waals surface area contributed by atoms with Crippen LogP contribution in [0.25, 0.3) is 0 Å². The predicted molar refractivity (Wildman–Crippen MR) is 67.1 cm³/mol. The monoisotopic (exact) mass is 210 g/mol. The normalized spacial score (nSPS) is 30.1. The molecule has 0 saturated carbocycles. The second-order valence-electron chi connectivity index (χ2n) is 4.74. The van der Waals surface area contributed by atoms with Crippen LogP contribution in [0.3, 0.4) is 0 Å². The van der Waals surface area contributed by atoms with Crippen molar-refractivity contribution in [3.05, 3.63) is 12.7 Å². The molecule has 1 fully saturated rings. The van der Waals surface area contributed by atoms with Crippen molar-refractivity contribution < 1.29 is 0 Å². The maximum atomic E-state index is 3.83. The number of rotatable bonds is 5. The molecule has 1 saturated heterocycles. The number of nitrogens with zero attached hydrogens (tertiary/aromatic N) is 1. The Kier molecular flexibility index (Phi) is 5.34. The summed E-state index contributed by atoms with van der Waals surface area (Å²) in [6.07, 6.45) is 5.72. The Balaban J connectivity index is 2.41. The van der Waals surface area contributed by atoms with E-state index in [2.05, 4.69) is 37.6 Å². The van der Waals surface area contributed by atoms with Crippen LogP contribution in [0.1, 0.15) is 40.0 Å². The van der Waals surface area contributed by atoms with Gasteiger partial charge in [0, 0.05) is 24.7 Å². The molecule has 0 radical (unpaired) electrons. The zero-order chi connectivity index (χ0) is 11.3. The van der Waals surface area contributed by atoms with Crippen molar-refractivity contribution in [3.63, 3.8) is 0 Å². The standard InChI is InChI=1S/C13H26N2/c1-5-7-11(3)15-9-8-13(14-6-2)10-12(15)4/h5,11-14H,1,6-10H2,2-4H3. The average Bonchev–Trinajstić information content (AvgIpc) is 2.18. The van der Waals surface area contributed by atoms with Crippen LogP contribution in [0.15, 0.2) is 12.7 Å². The molecular weight excluding hydrogens is 184 g/mol. The summed E-state index contributed by atoms with van der Waals surface area (Å²) in [5.41, 5.74) is 0. The number of nitrogens with one attached hydrogen (secondary N) is 1. The van der Waals surface area contributed by atoms with E-state index in [1.165, 1.54) is 19.4 Å². The van der Waals surface area contributed by atoms with Crippen molar-refractivity contribution in [2.24, 2.45) is 0 Å². The van der Waals surface area contributed by atoms with E-state index >= 15 is 0 Å². The lowest BCUT2D eigenvalue weighted by Crippen LogP contribution is -2.50. The number of likely N-dealkylation sites (tertiary alicyclic amines) is 1. The van der Waals surface area contributed by atoms with Gasteiger partial charge in [0.05, 0.1) is 0 Å². The fourth-order valence-corrected chi connectivity index (χ4v) is 2.70. The van der Waals surface area contributed by atoms with Crippen LogP contribution in [0.2, 0.25) is 0 Å². The largest absolute Gasteiger partial charge is 0.314 e. The summed E-state index contributed by atoms with van der Waals surface area (Å²) in [6.45, 7) is 13.0. The highest BCUT2D eigenvalue weighted by Crippen LogP contribution is 2.21. The molecule has 1 aliphatic heterocycles. The first-order valence-corrected chi connectivity index (χ1v) is 6.29. The highest BCUT2D eigenvalue weighted by atomic mass is 15.2. The number of hydrogen-bond donors (Lipinski definition) is 1. The van der Waals surface area contributed by atoms with E-state index in [1.807, 2.05) is 6.08 Å². The number of piperidine rings is 1. The molecule has 3 unspecified atom stereocenters. The molecule has 0 bridgehead atoms. The van der Waals surface area contributed by atoms with Crippen LogP contribution in [0, 0.1) is 0 Å². The Hall–Kier alpha value is -0.340. The lowest BCUT2D eigenvalue weighted by atomic mass is 9.96. The molecule has 0 aromatic carbocycles. The summed E-state index contributed by atoms with van der Waals surface area (Å²) in [7, 11) is 0. The van der Waals surface area contributed by atoms with Gasteiger partial charge >= 0.3 is 0 Å². The smallest absolute Gasteiger partial charge is 0.0104 e. The van der Waals surface area contributed by atoms with Gasteiger partial charge in [0.1, 0.15) is 0 Å². The molecule has 88 valence electrons. The van der Waals surface area contributed by atoms with Crippen molar-refractivity contribution in [3.8, 4) is 0 Å². The minimum atomic E-state index is 0.653. The van der Waals surface area contributed by atoms with Crippen LogP contribution < -0.4 is 5.32 Å². The molecule has 1 heterocycles. The Morgan fingerprint density at radius 1 is 1.60 bits per heavy atom. The molecule has 1 N–H and O–H groups in total. The number of hydrogen-bond acceptors (Lipinski definition) is 2. The first kappa shape index (κ1) is 12.7. The van der Waals surface area contributed by atoms with E-state index in [0.717, 1.165) is 19.0 Å². The third-order valence-corrected chi connectivity index (χ3v) is 3.49.